The van der Waals surface area contributed by atoms with Crippen molar-refractivity contribution in [2.45, 2.75) is 6.92 Å². The summed E-state index contributed by atoms with van der Waals surface area (Å²) in [6.07, 6.45) is 0. The van der Waals surface area contributed by atoms with Crippen molar-refractivity contribution in [1.82, 2.24) is 0 Å². The molecule has 3 aromatic carbocycles. The van der Waals surface area contributed by atoms with Crippen molar-refractivity contribution < 1.29 is 14.3 Å². The van der Waals surface area contributed by atoms with E-state index in [4.69, 9.17) is 9.47 Å². The minimum atomic E-state index is -0.412. The van der Waals surface area contributed by atoms with Crippen molar-refractivity contribution in [2.75, 3.05) is 7.11 Å². The second-order valence-electron chi connectivity index (χ2n) is 5.24. The Morgan fingerprint density at radius 3 is 1.95 bits per heavy atom. The van der Waals surface area contributed by atoms with E-state index in [2.05, 4.69) is 18.7 Å². The Kier molecular flexibility index (Phi) is 3.55. The number of esters is 1. The molecule has 3 rings (SSSR count). The van der Waals surface area contributed by atoms with Gasteiger partial charge in [-0.05, 0) is 64.9 Å². The van der Waals surface area contributed by atoms with E-state index in [1.54, 1.807) is 20.1 Å². The maximum Gasteiger partial charge on any atom is 0.338 e. The topological polar surface area (TPSA) is 35.5 Å². The normalized spacial score (nSPS) is 10.6. The van der Waals surface area contributed by atoms with Gasteiger partial charge >= 0.3 is 5.97 Å². The molecule has 0 aliphatic rings. The van der Waals surface area contributed by atoms with Gasteiger partial charge in [-0.2, -0.15) is 0 Å². The van der Waals surface area contributed by atoms with E-state index in [1.165, 1.54) is 0 Å². The summed E-state index contributed by atoms with van der Waals surface area (Å²) < 4.78 is 10.5. The maximum atomic E-state index is 11.6. The molecule has 110 valence electrons. The van der Waals surface area contributed by atoms with Crippen molar-refractivity contribution >= 4 is 27.5 Å². The maximum absolute atomic E-state index is 11.6. The Labute approximate surface area is 128 Å². The molecule has 0 spiro atoms. The summed E-state index contributed by atoms with van der Waals surface area (Å²) >= 11 is 0. The molecule has 0 fully saturated rings. The highest BCUT2D eigenvalue weighted by Gasteiger charge is 2.07. The van der Waals surface area contributed by atoms with E-state index in [0.29, 0.717) is 11.3 Å². The quantitative estimate of drug-likeness (QED) is 0.309. The van der Waals surface area contributed by atoms with Gasteiger partial charge in [-0.1, -0.05) is 18.7 Å². The molecular weight excluding hydrogens is 276 g/mol. The van der Waals surface area contributed by atoms with Crippen LogP contribution in [0.2, 0.25) is 0 Å². The summed E-state index contributed by atoms with van der Waals surface area (Å²) in [5, 5.41) is 4.32. The lowest BCUT2D eigenvalue weighted by atomic mass is 10.0. The van der Waals surface area contributed by atoms with E-state index < -0.39 is 5.97 Å². The SMILES string of the molecule is C=C(C)C(=O)Oc1ccc2cc3cc(OC)ccc3cc2c1. The van der Waals surface area contributed by atoms with Gasteiger partial charge in [0.25, 0.3) is 0 Å². The van der Waals surface area contributed by atoms with Crippen molar-refractivity contribution in [2.24, 2.45) is 0 Å². The second kappa shape index (κ2) is 5.53. The number of benzene rings is 3. The van der Waals surface area contributed by atoms with Crippen molar-refractivity contribution in [3.8, 4) is 11.5 Å². The molecule has 22 heavy (non-hydrogen) atoms. The summed E-state index contributed by atoms with van der Waals surface area (Å²) in [4.78, 5) is 11.6. The van der Waals surface area contributed by atoms with Gasteiger partial charge in [-0.3, -0.25) is 0 Å². The lowest BCUT2D eigenvalue weighted by molar-refractivity contribution is -0.130. The molecule has 0 aliphatic heterocycles. The molecule has 0 amide bonds. The highest BCUT2D eigenvalue weighted by molar-refractivity contribution is 5.99. The fourth-order valence-electron chi connectivity index (χ4n) is 2.34. The third kappa shape index (κ3) is 2.66. The van der Waals surface area contributed by atoms with E-state index in [-0.39, 0.29) is 0 Å². The molecule has 0 aromatic heterocycles. The van der Waals surface area contributed by atoms with Crippen LogP contribution >= 0.6 is 0 Å². The van der Waals surface area contributed by atoms with Crippen LogP contribution in [0, 0.1) is 0 Å². The van der Waals surface area contributed by atoms with Crippen LogP contribution < -0.4 is 9.47 Å². The Morgan fingerprint density at radius 2 is 1.41 bits per heavy atom. The predicted octanol–water partition coefficient (Wildman–Crippen LogP) is 4.48. The lowest BCUT2D eigenvalue weighted by Gasteiger charge is -2.08. The number of ether oxygens (including phenoxy) is 2. The zero-order valence-corrected chi connectivity index (χ0v) is 12.6. The Morgan fingerprint density at radius 1 is 0.864 bits per heavy atom. The first-order chi connectivity index (χ1) is 10.6. The van der Waals surface area contributed by atoms with Crippen LogP contribution in [0.1, 0.15) is 6.92 Å². The van der Waals surface area contributed by atoms with Gasteiger partial charge in [-0.15, -0.1) is 0 Å². The van der Waals surface area contributed by atoms with Crippen molar-refractivity contribution in [3.05, 3.63) is 60.7 Å². The average molecular weight is 292 g/mol. The molecule has 0 N–H and O–H groups in total. The summed E-state index contributed by atoms with van der Waals surface area (Å²) in [6.45, 7) is 5.21. The summed E-state index contributed by atoms with van der Waals surface area (Å²) in [7, 11) is 1.66. The molecule has 0 saturated heterocycles. The van der Waals surface area contributed by atoms with E-state index >= 15 is 0 Å². The number of carbonyl (C=O) groups excluding carboxylic acids is 1. The zero-order valence-electron chi connectivity index (χ0n) is 12.6. The fourth-order valence-corrected chi connectivity index (χ4v) is 2.34. The Balaban J connectivity index is 2.06. The summed E-state index contributed by atoms with van der Waals surface area (Å²) in [5.41, 5.74) is 0.380. The van der Waals surface area contributed by atoms with E-state index in [1.807, 2.05) is 30.3 Å². The number of hydrogen-bond donors (Lipinski definition) is 0. The zero-order chi connectivity index (χ0) is 15.7. The standard InChI is InChI=1S/C19H16O3/c1-12(2)19(20)22-18-7-5-14-8-15-10-17(21-3)6-4-13(15)9-16(14)11-18/h4-11H,1H2,2-3H3. The molecule has 0 bridgehead atoms. The van der Waals surface area contributed by atoms with Gasteiger partial charge in [0, 0.05) is 5.57 Å². The molecule has 3 heteroatoms. The van der Waals surface area contributed by atoms with Gasteiger partial charge in [0.2, 0.25) is 0 Å². The molecule has 0 aliphatic carbocycles. The van der Waals surface area contributed by atoms with Crippen LogP contribution in [0.3, 0.4) is 0 Å². The van der Waals surface area contributed by atoms with E-state index in [9.17, 15) is 4.79 Å². The summed E-state index contributed by atoms with van der Waals surface area (Å²) in [5.74, 6) is 0.942. The van der Waals surface area contributed by atoms with Crippen LogP contribution in [0.4, 0.5) is 0 Å². The molecule has 0 saturated carbocycles. The van der Waals surface area contributed by atoms with Gasteiger partial charge in [0.05, 0.1) is 7.11 Å². The average Bonchev–Trinajstić information content (AvgIpc) is 2.52. The number of methoxy groups -OCH3 is 1. The van der Waals surface area contributed by atoms with Crippen LogP contribution in [0.5, 0.6) is 11.5 Å². The molecule has 0 radical (unpaired) electrons. The molecule has 0 heterocycles. The van der Waals surface area contributed by atoms with Gasteiger partial charge in [0.1, 0.15) is 11.5 Å². The minimum absolute atomic E-state index is 0.380. The Bertz CT molecular complexity index is 894. The molecular formula is C19H16O3. The van der Waals surface area contributed by atoms with Crippen LogP contribution in [0.25, 0.3) is 21.5 Å². The van der Waals surface area contributed by atoms with E-state index in [0.717, 1.165) is 27.3 Å². The fraction of sp³-hybridized carbons (Fsp3) is 0.105. The number of rotatable bonds is 3. The smallest absolute Gasteiger partial charge is 0.338 e. The highest BCUT2D eigenvalue weighted by Crippen LogP contribution is 2.28. The van der Waals surface area contributed by atoms with Gasteiger partial charge in [0.15, 0.2) is 0 Å². The molecule has 3 nitrogen and oxygen atoms in total. The van der Waals surface area contributed by atoms with Crippen molar-refractivity contribution in [1.29, 1.82) is 0 Å². The van der Waals surface area contributed by atoms with Crippen LogP contribution in [0.15, 0.2) is 60.7 Å². The molecule has 0 atom stereocenters. The lowest BCUT2D eigenvalue weighted by Crippen LogP contribution is -2.07. The highest BCUT2D eigenvalue weighted by atomic mass is 16.5. The van der Waals surface area contributed by atoms with Crippen LogP contribution in [-0.4, -0.2) is 13.1 Å². The second-order valence-corrected chi connectivity index (χ2v) is 5.24. The summed E-state index contributed by atoms with van der Waals surface area (Å²) in [6, 6.07) is 15.7. The number of carbonyl (C=O) groups is 1. The first-order valence-corrected chi connectivity index (χ1v) is 6.96. The first kappa shape index (κ1) is 14.1. The Hall–Kier alpha value is -2.81. The largest absolute Gasteiger partial charge is 0.497 e. The van der Waals surface area contributed by atoms with Crippen LogP contribution in [-0.2, 0) is 4.79 Å². The van der Waals surface area contributed by atoms with Gasteiger partial charge in [-0.25, -0.2) is 4.79 Å². The third-order valence-electron chi connectivity index (χ3n) is 3.53. The van der Waals surface area contributed by atoms with Gasteiger partial charge < -0.3 is 9.47 Å². The number of hydrogen-bond acceptors (Lipinski definition) is 3. The molecule has 0 unspecified atom stereocenters. The number of fused-ring (bicyclic) bond motifs is 2. The minimum Gasteiger partial charge on any atom is -0.497 e. The van der Waals surface area contributed by atoms with Crippen molar-refractivity contribution in [3.63, 3.8) is 0 Å². The first-order valence-electron chi connectivity index (χ1n) is 6.96. The predicted molar refractivity (Wildman–Crippen MR) is 88.5 cm³/mol. The monoisotopic (exact) mass is 292 g/mol. The molecule has 3 aromatic rings. The third-order valence-corrected chi connectivity index (χ3v) is 3.53.